The Morgan fingerprint density at radius 2 is 2.00 bits per heavy atom. The first kappa shape index (κ1) is 13.2. The van der Waals surface area contributed by atoms with E-state index in [4.69, 9.17) is 0 Å². The van der Waals surface area contributed by atoms with Gasteiger partial charge in [-0.2, -0.15) is 0 Å². The zero-order chi connectivity index (χ0) is 14.2. The summed E-state index contributed by atoms with van der Waals surface area (Å²) in [6.07, 6.45) is 0. The highest BCUT2D eigenvalue weighted by atomic mass is 16.4. The summed E-state index contributed by atoms with van der Waals surface area (Å²) < 4.78 is 1.34. The maximum Gasteiger partial charge on any atom is 0.331 e. The van der Waals surface area contributed by atoms with E-state index < -0.39 is 11.5 Å². The molecular formula is C13H16N4O2. The van der Waals surface area contributed by atoms with Crippen molar-refractivity contribution in [1.29, 1.82) is 0 Å². The van der Waals surface area contributed by atoms with Gasteiger partial charge in [0.05, 0.1) is 0 Å². The monoisotopic (exact) mass is 260 g/mol. The molecule has 1 aromatic heterocycles. The molecule has 0 spiro atoms. The van der Waals surface area contributed by atoms with E-state index in [-0.39, 0.29) is 0 Å². The van der Waals surface area contributed by atoms with Crippen molar-refractivity contribution in [3.8, 4) is 11.4 Å². The second kappa shape index (κ2) is 4.46. The largest absolute Gasteiger partial charge is 0.479 e. The van der Waals surface area contributed by atoms with Crippen molar-refractivity contribution in [2.45, 2.75) is 33.2 Å². The van der Waals surface area contributed by atoms with E-state index in [1.165, 1.54) is 4.68 Å². The molecular weight excluding hydrogens is 244 g/mol. The number of benzene rings is 1. The van der Waals surface area contributed by atoms with E-state index in [1.54, 1.807) is 13.8 Å². The molecule has 0 saturated heterocycles. The van der Waals surface area contributed by atoms with E-state index in [0.29, 0.717) is 5.82 Å². The van der Waals surface area contributed by atoms with Crippen LogP contribution >= 0.6 is 0 Å². The van der Waals surface area contributed by atoms with Gasteiger partial charge >= 0.3 is 5.97 Å². The Morgan fingerprint density at radius 3 is 2.58 bits per heavy atom. The number of carbonyl (C=O) groups is 1. The van der Waals surface area contributed by atoms with E-state index in [0.717, 1.165) is 16.7 Å². The van der Waals surface area contributed by atoms with Crippen LogP contribution in [0, 0.1) is 13.8 Å². The third kappa shape index (κ3) is 2.21. The van der Waals surface area contributed by atoms with Crippen molar-refractivity contribution in [1.82, 2.24) is 20.2 Å². The lowest BCUT2D eigenvalue weighted by molar-refractivity contribution is -0.146. The molecule has 100 valence electrons. The van der Waals surface area contributed by atoms with E-state index in [1.807, 2.05) is 32.0 Å². The van der Waals surface area contributed by atoms with Crippen molar-refractivity contribution in [3.63, 3.8) is 0 Å². The Labute approximate surface area is 111 Å². The number of aryl methyl sites for hydroxylation is 2. The highest BCUT2D eigenvalue weighted by Crippen LogP contribution is 2.26. The number of hydrogen-bond donors (Lipinski definition) is 1. The van der Waals surface area contributed by atoms with Gasteiger partial charge in [0, 0.05) is 5.56 Å². The van der Waals surface area contributed by atoms with E-state index in [9.17, 15) is 9.90 Å². The maximum atomic E-state index is 11.3. The van der Waals surface area contributed by atoms with Crippen molar-refractivity contribution in [3.05, 3.63) is 29.3 Å². The molecule has 0 fully saturated rings. The Morgan fingerprint density at radius 1 is 1.32 bits per heavy atom. The van der Waals surface area contributed by atoms with Gasteiger partial charge in [-0.3, -0.25) is 0 Å². The van der Waals surface area contributed by atoms with Crippen molar-refractivity contribution < 1.29 is 9.90 Å². The average molecular weight is 260 g/mol. The average Bonchev–Trinajstić information content (AvgIpc) is 2.78. The normalized spacial score (nSPS) is 11.6. The molecule has 1 N–H and O–H groups in total. The lowest BCUT2D eigenvalue weighted by Crippen LogP contribution is -2.37. The molecule has 0 atom stereocenters. The zero-order valence-electron chi connectivity index (χ0n) is 11.4. The topological polar surface area (TPSA) is 80.9 Å². The van der Waals surface area contributed by atoms with Crippen LogP contribution in [0.2, 0.25) is 0 Å². The van der Waals surface area contributed by atoms with Gasteiger partial charge < -0.3 is 5.11 Å². The Bertz CT molecular complexity index is 631. The number of rotatable bonds is 3. The first-order valence-corrected chi connectivity index (χ1v) is 5.94. The number of aromatic nitrogens is 4. The molecule has 0 amide bonds. The summed E-state index contributed by atoms with van der Waals surface area (Å²) in [5.74, 6) is -0.518. The molecule has 1 heterocycles. The zero-order valence-corrected chi connectivity index (χ0v) is 11.4. The molecule has 0 aliphatic rings. The van der Waals surface area contributed by atoms with Crippen LogP contribution in [0.15, 0.2) is 18.2 Å². The summed E-state index contributed by atoms with van der Waals surface area (Å²) in [7, 11) is 0. The fraction of sp³-hybridized carbons (Fsp3) is 0.385. The lowest BCUT2D eigenvalue weighted by atomic mass is 10.0. The van der Waals surface area contributed by atoms with E-state index >= 15 is 0 Å². The molecule has 0 saturated carbocycles. The molecule has 0 radical (unpaired) electrons. The first-order valence-electron chi connectivity index (χ1n) is 5.94. The van der Waals surface area contributed by atoms with E-state index in [2.05, 4.69) is 15.5 Å². The summed E-state index contributed by atoms with van der Waals surface area (Å²) in [4.78, 5) is 11.3. The highest BCUT2D eigenvalue weighted by molar-refractivity contribution is 5.76. The summed E-state index contributed by atoms with van der Waals surface area (Å²) in [5, 5.41) is 20.7. The second-order valence-corrected chi connectivity index (χ2v) is 5.10. The van der Waals surface area contributed by atoms with Crippen LogP contribution in [0.3, 0.4) is 0 Å². The fourth-order valence-electron chi connectivity index (χ4n) is 1.89. The van der Waals surface area contributed by atoms with Gasteiger partial charge in [0.1, 0.15) is 0 Å². The Balaban J connectivity index is 2.60. The van der Waals surface area contributed by atoms with Crippen LogP contribution in [-0.4, -0.2) is 31.3 Å². The molecule has 6 nitrogen and oxygen atoms in total. The van der Waals surface area contributed by atoms with Crippen LogP contribution in [-0.2, 0) is 10.3 Å². The number of carboxylic acid groups (broad SMARTS) is 1. The number of nitrogens with zero attached hydrogens (tertiary/aromatic N) is 4. The minimum absolute atomic E-state index is 0.463. The van der Waals surface area contributed by atoms with Gasteiger partial charge in [-0.25, -0.2) is 9.48 Å². The van der Waals surface area contributed by atoms with Crippen LogP contribution in [0.5, 0.6) is 0 Å². The lowest BCUT2D eigenvalue weighted by Gasteiger charge is -2.20. The smallest absolute Gasteiger partial charge is 0.331 e. The molecule has 0 bridgehead atoms. The third-order valence-corrected chi connectivity index (χ3v) is 3.15. The summed E-state index contributed by atoms with van der Waals surface area (Å²) >= 11 is 0. The number of hydrogen-bond acceptors (Lipinski definition) is 4. The maximum absolute atomic E-state index is 11.3. The Hall–Kier alpha value is -2.24. The Kier molecular flexibility index (Phi) is 3.09. The van der Waals surface area contributed by atoms with Crippen LogP contribution in [0.25, 0.3) is 11.4 Å². The molecule has 0 unspecified atom stereocenters. The van der Waals surface area contributed by atoms with Crippen LogP contribution in [0.4, 0.5) is 0 Å². The van der Waals surface area contributed by atoms with Gasteiger partial charge in [0.25, 0.3) is 0 Å². The molecule has 19 heavy (non-hydrogen) atoms. The van der Waals surface area contributed by atoms with Crippen molar-refractivity contribution in [2.24, 2.45) is 0 Å². The third-order valence-electron chi connectivity index (χ3n) is 3.15. The number of tetrazole rings is 1. The summed E-state index contributed by atoms with van der Waals surface area (Å²) in [6.45, 7) is 7.09. The highest BCUT2D eigenvalue weighted by Gasteiger charge is 2.34. The first-order chi connectivity index (χ1) is 8.84. The quantitative estimate of drug-likeness (QED) is 0.909. The molecule has 1 aromatic carbocycles. The molecule has 2 rings (SSSR count). The number of aliphatic carboxylic acids is 1. The molecule has 0 aliphatic carbocycles. The van der Waals surface area contributed by atoms with Gasteiger partial charge in [-0.15, -0.1) is 5.10 Å². The predicted molar refractivity (Wildman–Crippen MR) is 69.7 cm³/mol. The van der Waals surface area contributed by atoms with Crippen molar-refractivity contribution in [2.75, 3.05) is 0 Å². The van der Waals surface area contributed by atoms with Gasteiger partial charge in [0.15, 0.2) is 11.4 Å². The molecule has 2 aromatic rings. The SMILES string of the molecule is Cc1ccc(-c2nnnn2C(C)(C)C(=O)O)c(C)c1. The van der Waals surface area contributed by atoms with Gasteiger partial charge in [0.2, 0.25) is 0 Å². The minimum Gasteiger partial charge on any atom is -0.479 e. The molecule has 6 heteroatoms. The van der Waals surface area contributed by atoms with Crippen molar-refractivity contribution >= 4 is 5.97 Å². The fourth-order valence-corrected chi connectivity index (χ4v) is 1.89. The standard InChI is InChI=1S/C13H16N4O2/c1-8-5-6-10(9(2)7-8)11-14-15-16-17(11)13(3,4)12(18)19/h5-7H,1-4H3,(H,18,19). The minimum atomic E-state index is -1.20. The summed E-state index contributed by atoms with van der Waals surface area (Å²) in [6, 6.07) is 5.88. The number of carboxylic acids is 1. The summed E-state index contributed by atoms with van der Waals surface area (Å²) in [5.41, 5.74) is 1.79. The van der Waals surface area contributed by atoms with Gasteiger partial charge in [-0.1, -0.05) is 23.8 Å². The van der Waals surface area contributed by atoms with Crippen LogP contribution < -0.4 is 0 Å². The molecule has 0 aliphatic heterocycles. The second-order valence-electron chi connectivity index (χ2n) is 5.10. The van der Waals surface area contributed by atoms with Crippen LogP contribution in [0.1, 0.15) is 25.0 Å². The van der Waals surface area contributed by atoms with Gasteiger partial charge in [-0.05, 0) is 43.7 Å². The predicted octanol–water partition coefficient (Wildman–Crippen LogP) is 1.78.